The Bertz CT molecular complexity index is 708. The van der Waals surface area contributed by atoms with Crippen LogP contribution in [0.2, 0.25) is 10.0 Å². The largest absolute Gasteiger partial charge is 0.378 e. The van der Waals surface area contributed by atoms with Crippen LogP contribution >= 0.6 is 23.2 Å². The zero-order valence-corrected chi connectivity index (χ0v) is 13.0. The van der Waals surface area contributed by atoms with Crippen LogP contribution in [-0.2, 0) is 11.2 Å². The highest BCUT2D eigenvalue weighted by atomic mass is 35.5. The highest BCUT2D eigenvalue weighted by molar-refractivity contribution is 6.44. The molecule has 1 saturated heterocycles. The molecule has 1 heterocycles. The second-order valence-corrected chi connectivity index (χ2v) is 6.26. The monoisotopic (exact) mass is 319 g/mol. The number of rotatable bonds is 1. The minimum absolute atomic E-state index is 0.633. The molecule has 0 amide bonds. The third-order valence-corrected chi connectivity index (χ3v) is 5.10. The van der Waals surface area contributed by atoms with E-state index in [1.807, 2.05) is 6.07 Å². The van der Waals surface area contributed by atoms with Crippen molar-refractivity contribution in [2.45, 2.75) is 6.42 Å². The van der Waals surface area contributed by atoms with Gasteiger partial charge in [0.2, 0.25) is 0 Å². The number of fused-ring (bicyclic) bond motifs is 3. The second-order valence-electron chi connectivity index (χ2n) is 5.48. The predicted molar refractivity (Wildman–Crippen MR) is 87.7 cm³/mol. The molecule has 21 heavy (non-hydrogen) atoms. The van der Waals surface area contributed by atoms with E-state index in [0.29, 0.717) is 10.0 Å². The smallest absolute Gasteiger partial charge is 0.0675 e. The first-order chi connectivity index (χ1) is 10.3. The third kappa shape index (κ3) is 2.13. The molecule has 108 valence electrons. The van der Waals surface area contributed by atoms with Gasteiger partial charge in [-0.2, -0.15) is 0 Å². The Balaban J connectivity index is 1.90. The Labute approximate surface area is 134 Å². The van der Waals surface area contributed by atoms with E-state index in [1.165, 1.54) is 22.4 Å². The van der Waals surface area contributed by atoms with Gasteiger partial charge in [-0.1, -0.05) is 47.5 Å². The summed E-state index contributed by atoms with van der Waals surface area (Å²) in [6.45, 7) is 3.34. The maximum absolute atomic E-state index is 6.50. The van der Waals surface area contributed by atoms with Crippen molar-refractivity contribution in [1.82, 2.24) is 0 Å². The molecule has 0 N–H and O–H groups in total. The number of ether oxygens (including phenoxy) is 1. The standard InChI is InChI=1S/C17H15Cl2NO/c18-14-10-15(20-5-7-21-8-6-20)13-9-11-3-1-2-4-12(11)16(13)17(14)19/h1-4,10H,5-9H2. The molecule has 1 aliphatic heterocycles. The first-order valence-corrected chi connectivity index (χ1v) is 7.93. The first kappa shape index (κ1) is 13.4. The van der Waals surface area contributed by atoms with E-state index < -0.39 is 0 Å². The second kappa shape index (κ2) is 5.20. The number of nitrogens with zero attached hydrogens (tertiary/aromatic N) is 1. The van der Waals surface area contributed by atoms with Gasteiger partial charge in [0, 0.05) is 30.8 Å². The molecule has 1 aliphatic carbocycles. The minimum Gasteiger partial charge on any atom is -0.378 e. The Morgan fingerprint density at radius 1 is 1.05 bits per heavy atom. The molecule has 1 fully saturated rings. The van der Waals surface area contributed by atoms with Crippen LogP contribution in [0.1, 0.15) is 11.1 Å². The quantitative estimate of drug-likeness (QED) is 0.659. The number of anilines is 1. The van der Waals surface area contributed by atoms with Gasteiger partial charge in [0.1, 0.15) is 0 Å². The highest BCUT2D eigenvalue weighted by Gasteiger charge is 2.27. The van der Waals surface area contributed by atoms with Crippen LogP contribution in [0.4, 0.5) is 5.69 Å². The van der Waals surface area contributed by atoms with Crippen molar-refractivity contribution in [2.75, 3.05) is 31.2 Å². The number of hydrogen-bond donors (Lipinski definition) is 0. The van der Waals surface area contributed by atoms with Gasteiger partial charge in [0.05, 0.1) is 23.3 Å². The lowest BCUT2D eigenvalue weighted by atomic mass is 10.0. The summed E-state index contributed by atoms with van der Waals surface area (Å²) in [4.78, 5) is 2.36. The summed E-state index contributed by atoms with van der Waals surface area (Å²) in [6.07, 6.45) is 0.926. The maximum atomic E-state index is 6.50. The third-order valence-electron chi connectivity index (χ3n) is 4.31. The van der Waals surface area contributed by atoms with Gasteiger partial charge in [-0.05, 0) is 22.8 Å². The van der Waals surface area contributed by atoms with Crippen LogP contribution in [0.25, 0.3) is 11.1 Å². The molecule has 0 aromatic heterocycles. The van der Waals surface area contributed by atoms with Crippen LogP contribution in [0.15, 0.2) is 30.3 Å². The maximum Gasteiger partial charge on any atom is 0.0675 e. The molecule has 2 aliphatic rings. The van der Waals surface area contributed by atoms with Gasteiger partial charge < -0.3 is 9.64 Å². The molecule has 0 unspecified atom stereocenters. The van der Waals surface area contributed by atoms with Crippen molar-refractivity contribution >= 4 is 28.9 Å². The van der Waals surface area contributed by atoms with Crippen LogP contribution in [-0.4, -0.2) is 26.3 Å². The van der Waals surface area contributed by atoms with Gasteiger partial charge in [-0.3, -0.25) is 0 Å². The van der Waals surface area contributed by atoms with E-state index in [1.54, 1.807) is 0 Å². The fourth-order valence-electron chi connectivity index (χ4n) is 3.31. The highest BCUT2D eigenvalue weighted by Crippen LogP contribution is 2.48. The lowest BCUT2D eigenvalue weighted by molar-refractivity contribution is 0.122. The summed E-state index contributed by atoms with van der Waals surface area (Å²) < 4.78 is 5.46. The molecule has 0 bridgehead atoms. The Morgan fingerprint density at radius 2 is 1.81 bits per heavy atom. The number of halogens is 2. The van der Waals surface area contributed by atoms with E-state index in [-0.39, 0.29) is 0 Å². The van der Waals surface area contributed by atoms with Gasteiger partial charge in [0.15, 0.2) is 0 Å². The van der Waals surface area contributed by atoms with Gasteiger partial charge in [-0.25, -0.2) is 0 Å². The number of morpholine rings is 1. The van der Waals surface area contributed by atoms with Crippen LogP contribution in [0.5, 0.6) is 0 Å². The fourth-order valence-corrected chi connectivity index (χ4v) is 3.77. The van der Waals surface area contributed by atoms with Crippen molar-refractivity contribution in [1.29, 1.82) is 0 Å². The number of hydrogen-bond acceptors (Lipinski definition) is 2. The first-order valence-electron chi connectivity index (χ1n) is 7.17. The van der Waals surface area contributed by atoms with Gasteiger partial charge in [0.25, 0.3) is 0 Å². The van der Waals surface area contributed by atoms with E-state index in [4.69, 9.17) is 27.9 Å². The molecule has 2 aromatic rings. The van der Waals surface area contributed by atoms with Crippen molar-refractivity contribution in [3.05, 3.63) is 51.5 Å². The summed E-state index contributed by atoms with van der Waals surface area (Å²) in [5.41, 5.74) is 6.16. The molecule has 0 radical (unpaired) electrons. The summed E-state index contributed by atoms with van der Waals surface area (Å²) >= 11 is 12.9. The van der Waals surface area contributed by atoms with E-state index in [0.717, 1.165) is 38.3 Å². The Kier molecular flexibility index (Phi) is 3.33. The average molecular weight is 320 g/mol. The normalized spacial score (nSPS) is 16.8. The van der Waals surface area contributed by atoms with E-state index in [9.17, 15) is 0 Å². The predicted octanol–water partition coefficient (Wildman–Crippen LogP) is 4.40. The van der Waals surface area contributed by atoms with Gasteiger partial charge >= 0.3 is 0 Å². The van der Waals surface area contributed by atoms with E-state index in [2.05, 4.69) is 29.2 Å². The summed E-state index contributed by atoms with van der Waals surface area (Å²) in [7, 11) is 0. The van der Waals surface area contributed by atoms with Crippen molar-refractivity contribution in [3.8, 4) is 11.1 Å². The minimum atomic E-state index is 0.633. The summed E-state index contributed by atoms with van der Waals surface area (Å²) in [5.74, 6) is 0. The topological polar surface area (TPSA) is 12.5 Å². The lowest BCUT2D eigenvalue weighted by Crippen LogP contribution is -2.36. The molecule has 2 nitrogen and oxygen atoms in total. The van der Waals surface area contributed by atoms with Crippen molar-refractivity contribution < 1.29 is 4.74 Å². The molecule has 2 aromatic carbocycles. The molecule has 0 spiro atoms. The average Bonchev–Trinajstić information content (AvgIpc) is 2.91. The lowest BCUT2D eigenvalue weighted by Gasteiger charge is -2.31. The molecule has 0 saturated carbocycles. The van der Waals surface area contributed by atoms with Crippen LogP contribution in [0, 0.1) is 0 Å². The molecule has 0 atom stereocenters. The van der Waals surface area contributed by atoms with Gasteiger partial charge in [-0.15, -0.1) is 0 Å². The summed E-state index contributed by atoms with van der Waals surface area (Å²) in [6, 6.07) is 10.4. The molecular formula is C17H15Cl2NO. The zero-order valence-electron chi connectivity index (χ0n) is 11.5. The molecule has 4 rings (SSSR count). The van der Waals surface area contributed by atoms with Crippen molar-refractivity contribution in [2.24, 2.45) is 0 Å². The SMILES string of the molecule is Clc1cc(N2CCOCC2)c2c(c1Cl)-c1ccccc1C2. The summed E-state index contributed by atoms with van der Waals surface area (Å²) in [5, 5.41) is 1.31. The van der Waals surface area contributed by atoms with Crippen molar-refractivity contribution in [3.63, 3.8) is 0 Å². The van der Waals surface area contributed by atoms with E-state index >= 15 is 0 Å². The molecule has 4 heteroatoms. The number of benzene rings is 2. The zero-order chi connectivity index (χ0) is 14.4. The molecular weight excluding hydrogens is 305 g/mol. The Morgan fingerprint density at radius 3 is 2.62 bits per heavy atom. The van der Waals surface area contributed by atoms with Crippen LogP contribution < -0.4 is 4.90 Å². The fraction of sp³-hybridized carbons (Fsp3) is 0.294. The van der Waals surface area contributed by atoms with Crippen LogP contribution in [0.3, 0.4) is 0 Å². The Hall–Kier alpha value is -1.22.